The van der Waals surface area contributed by atoms with Crippen molar-refractivity contribution in [3.63, 3.8) is 0 Å². The maximum Gasteiger partial charge on any atom is 0.353 e. The molecule has 0 spiro atoms. The van der Waals surface area contributed by atoms with Crippen LogP contribution in [0.25, 0.3) is 0 Å². The van der Waals surface area contributed by atoms with Crippen LogP contribution in [-0.2, 0) is 0 Å². The van der Waals surface area contributed by atoms with E-state index in [2.05, 4.69) is 20.3 Å². The summed E-state index contributed by atoms with van der Waals surface area (Å²) in [6.45, 7) is 0. The van der Waals surface area contributed by atoms with Gasteiger partial charge in [0.15, 0.2) is 0 Å². The predicted octanol–water partition coefficient (Wildman–Crippen LogP) is 2.24. The van der Waals surface area contributed by atoms with Crippen molar-refractivity contribution in [1.82, 2.24) is 15.0 Å². The van der Waals surface area contributed by atoms with E-state index in [0.29, 0.717) is 10.8 Å². The van der Waals surface area contributed by atoms with Gasteiger partial charge in [-0.05, 0) is 12.1 Å². The predicted molar refractivity (Wildman–Crippen MR) is 75.5 cm³/mol. The normalized spacial score (nSPS) is 10.2. The van der Waals surface area contributed by atoms with E-state index in [1.54, 1.807) is 31.1 Å². The number of halogens is 1. The van der Waals surface area contributed by atoms with E-state index in [-0.39, 0.29) is 17.3 Å². The smallest absolute Gasteiger partial charge is 0.353 e. The zero-order chi connectivity index (χ0) is 14.7. The van der Waals surface area contributed by atoms with Crippen molar-refractivity contribution >= 4 is 34.7 Å². The van der Waals surface area contributed by atoms with Gasteiger partial charge in [0.05, 0.1) is 9.95 Å². The topological polar surface area (TPSA) is 97.1 Å². The first kappa shape index (κ1) is 13.9. The van der Waals surface area contributed by atoms with Crippen molar-refractivity contribution < 1.29 is 4.92 Å². The molecule has 0 aromatic carbocycles. The molecule has 2 aromatic heterocycles. The molecule has 8 nitrogen and oxygen atoms in total. The minimum absolute atomic E-state index is 0.0727. The van der Waals surface area contributed by atoms with Crippen molar-refractivity contribution in [2.24, 2.45) is 0 Å². The second-order valence-electron chi connectivity index (χ2n) is 4.03. The first-order valence-electron chi connectivity index (χ1n) is 5.54. The number of rotatable bonds is 4. The Kier molecular flexibility index (Phi) is 3.94. The number of hydrogen-bond donors (Lipinski definition) is 1. The lowest BCUT2D eigenvalue weighted by Gasteiger charge is -2.13. The van der Waals surface area contributed by atoms with E-state index in [9.17, 15) is 10.1 Å². The highest BCUT2D eigenvalue weighted by atomic mass is 35.5. The molecule has 2 rings (SSSR count). The number of nitro groups is 1. The third-order valence-electron chi connectivity index (χ3n) is 2.38. The summed E-state index contributed by atoms with van der Waals surface area (Å²) in [6, 6.07) is 3.22. The molecule has 2 heterocycles. The first-order chi connectivity index (χ1) is 9.49. The number of aromatic nitrogens is 3. The molecule has 0 saturated carbocycles. The van der Waals surface area contributed by atoms with E-state index in [4.69, 9.17) is 11.6 Å². The Balaban J connectivity index is 2.43. The number of anilines is 3. The second kappa shape index (κ2) is 5.66. The fourth-order valence-corrected chi connectivity index (χ4v) is 1.64. The highest BCUT2D eigenvalue weighted by molar-refractivity contribution is 6.30. The quantitative estimate of drug-likeness (QED) is 0.682. The fourth-order valence-electron chi connectivity index (χ4n) is 1.53. The molecule has 0 bridgehead atoms. The van der Waals surface area contributed by atoms with Crippen LogP contribution in [0.5, 0.6) is 0 Å². The van der Waals surface area contributed by atoms with E-state index < -0.39 is 4.92 Å². The van der Waals surface area contributed by atoms with Crippen molar-refractivity contribution in [3.8, 4) is 0 Å². The van der Waals surface area contributed by atoms with Crippen molar-refractivity contribution in [1.29, 1.82) is 0 Å². The fraction of sp³-hybridized carbons (Fsp3) is 0.182. The molecule has 0 aliphatic carbocycles. The standard InChI is InChI=1S/C11H11ClN6O2/c1-17(2)11-9(18(19)20)10(14-6-15-11)16-8-4-3-7(12)5-13-8/h3-6H,1-2H3,(H,13,14,15,16). The molecular weight excluding hydrogens is 284 g/mol. The van der Waals surface area contributed by atoms with Crippen LogP contribution in [0, 0.1) is 10.1 Å². The summed E-state index contributed by atoms with van der Waals surface area (Å²) >= 11 is 5.73. The Hall–Kier alpha value is -2.48. The molecule has 0 aliphatic heterocycles. The van der Waals surface area contributed by atoms with E-state index in [1.165, 1.54) is 12.5 Å². The van der Waals surface area contributed by atoms with Crippen LogP contribution in [0.1, 0.15) is 0 Å². The molecule has 9 heteroatoms. The molecular formula is C11H11ClN6O2. The minimum Gasteiger partial charge on any atom is -0.357 e. The van der Waals surface area contributed by atoms with E-state index >= 15 is 0 Å². The second-order valence-corrected chi connectivity index (χ2v) is 4.47. The van der Waals surface area contributed by atoms with Gasteiger partial charge in [-0.3, -0.25) is 10.1 Å². The molecule has 2 aromatic rings. The summed E-state index contributed by atoms with van der Waals surface area (Å²) in [4.78, 5) is 24.0. The van der Waals surface area contributed by atoms with Gasteiger partial charge in [0.25, 0.3) is 0 Å². The summed E-state index contributed by atoms with van der Waals surface area (Å²) in [5.41, 5.74) is -0.214. The molecule has 0 atom stereocenters. The zero-order valence-electron chi connectivity index (χ0n) is 10.7. The van der Waals surface area contributed by atoms with Crippen LogP contribution in [-0.4, -0.2) is 34.0 Å². The van der Waals surface area contributed by atoms with Gasteiger partial charge in [0, 0.05) is 20.3 Å². The number of hydrogen-bond acceptors (Lipinski definition) is 7. The summed E-state index contributed by atoms with van der Waals surface area (Å²) in [7, 11) is 3.33. The highest BCUT2D eigenvalue weighted by Gasteiger charge is 2.24. The molecule has 0 amide bonds. The summed E-state index contributed by atoms with van der Waals surface area (Å²) in [5.74, 6) is 0.686. The largest absolute Gasteiger partial charge is 0.357 e. The van der Waals surface area contributed by atoms with Crippen LogP contribution in [0.4, 0.5) is 23.1 Å². The van der Waals surface area contributed by atoms with Crippen LogP contribution in [0.3, 0.4) is 0 Å². The molecule has 0 saturated heterocycles. The Morgan fingerprint density at radius 1 is 1.30 bits per heavy atom. The van der Waals surface area contributed by atoms with Crippen LogP contribution < -0.4 is 10.2 Å². The molecule has 20 heavy (non-hydrogen) atoms. The van der Waals surface area contributed by atoms with Gasteiger partial charge >= 0.3 is 5.69 Å². The van der Waals surface area contributed by atoms with Crippen molar-refractivity contribution in [2.75, 3.05) is 24.3 Å². The van der Waals surface area contributed by atoms with Crippen LogP contribution >= 0.6 is 11.6 Å². The van der Waals surface area contributed by atoms with Gasteiger partial charge in [0.1, 0.15) is 12.1 Å². The van der Waals surface area contributed by atoms with Crippen molar-refractivity contribution in [2.45, 2.75) is 0 Å². The Bertz CT molecular complexity index is 631. The lowest BCUT2D eigenvalue weighted by atomic mass is 10.4. The summed E-state index contributed by atoms with van der Waals surface area (Å²) in [5, 5.41) is 14.5. The molecule has 104 valence electrons. The van der Waals surface area contributed by atoms with Gasteiger partial charge in [-0.15, -0.1) is 0 Å². The molecule has 0 fully saturated rings. The van der Waals surface area contributed by atoms with Crippen molar-refractivity contribution in [3.05, 3.63) is 39.8 Å². The molecule has 0 unspecified atom stereocenters. The zero-order valence-corrected chi connectivity index (χ0v) is 11.5. The van der Waals surface area contributed by atoms with Gasteiger partial charge < -0.3 is 10.2 Å². The average Bonchev–Trinajstić information content (AvgIpc) is 2.40. The Morgan fingerprint density at radius 2 is 2.05 bits per heavy atom. The minimum atomic E-state index is -0.534. The van der Waals surface area contributed by atoms with E-state index in [1.807, 2.05) is 0 Å². The third-order valence-corrected chi connectivity index (χ3v) is 2.61. The van der Waals surface area contributed by atoms with Crippen LogP contribution in [0.15, 0.2) is 24.7 Å². The van der Waals surface area contributed by atoms with Gasteiger partial charge in [0.2, 0.25) is 11.6 Å². The van der Waals surface area contributed by atoms with Gasteiger partial charge in [-0.25, -0.2) is 15.0 Å². The van der Waals surface area contributed by atoms with Crippen LogP contribution in [0.2, 0.25) is 5.02 Å². The summed E-state index contributed by atoms with van der Waals surface area (Å²) in [6.07, 6.45) is 2.68. The number of nitrogens with zero attached hydrogens (tertiary/aromatic N) is 5. The lowest BCUT2D eigenvalue weighted by molar-refractivity contribution is -0.383. The SMILES string of the molecule is CN(C)c1ncnc(Nc2ccc(Cl)cn2)c1[N+](=O)[O-]. The van der Waals surface area contributed by atoms with Gasteiger partial charge in [-0.1, -0.05) is 11.6 Å². The number of nitrogens with one attached hydrogen (secondary N) is 1. The van der Waals surface area contributed by atoms with Gasteiger partial charge in [-0.2, -0.15) is 0 Å². The number of pyridine rings is 1. The molecule has 0 radical (unpaired) electrons. The maximum atomic E-state index is 11.2. The third kappa shape index (κ3) is 2.91. The lowest BCUT2D eigenvalue weighted by Crippen LogP contribution is -2.14. The Morgan fingerprint density at radius 3 is 2.60 bits per heavy atom. The molecule has 0 aliphatic rings. The highest BCUT2D eigenvalue weighted by Crippen LogP contribution is 2.31. The Labute approximate surface area is 119 Å². The molecule has 1 N–H and O–H groups in total. The summed E-state index contributed by atoms with van der Waals surface area (Å²) < 4.78 is 0. The van der Waals surface area contributed by atoms with E-state index in [0.717, 1.165) is 0 Å². The monoisotopic (exact) mass is 294 g/mol. The average molecular weight is 295 g/mol. The first-order valence-corrected chi connectivity index (χ1v) is 5.92. The maximum absolute atomic E-state index is 11.2.